The number of fused-ring (bicyclic) bond motifs is 1. The zero-order valence-corrected chi connectivity index (χ0v) is 11.1. The number of rotatable bonds is 3. The largest absolute Gasteiger partial charge is 0.497 e. The predicted molar refractivity (Wildman–Crippen MR) is 75.5 cm³/mol. The Morgan fingerprint density at radius 2 is 2.11 bits per heavy atom. The van der Waals surface area contributed by atoms with E-state index < -0.39 is 0 Å². The van der Waals surface area contributed by atoms with Gasteiger partial charge in [-0.2, -0.15) is 0 Å². The fourth-order valence-corrected chi connectivity index (χ4v) is 2.53. The average Bonchev–Trinajstić information content (AvgIpc) is 2.80. The lowest BCUT2D eigenvalue weighted by molar-refractivity contribution is 0.413. The summed E-state index contributed by atoms with van der Waals surface area (Å²) in [6.07, 6.45) is 0. The normalized spacial score (nSPS) is 10.8. The van der Waals surface area contributed by atoms with Gasteiger partial charge >= 0.3 is 0 Å². The molecule has 0 spiro atoms. The van der Waals surface area contributed by atoms with Crippen molar-refractivity contribution >= 4 is 28.5 Å². The maximum absolute atomic E-state index is 5.72. The summed E-state index contributed by atoms with van der Waals surface area (Å²) in [4.78, 5) is 5.41. The number of nitrogen functional groups attached to an aromatic ring is 1. The van der Waals surface area contributed by atoms with Gasteiger partial charge in [-0.3, -0.25) is 0 Å². The average molecular weight is 272 g/mol. The third kappa shape index (κ3) is 2.51. The van der Waals surface area contributed by atoms with Crippen LogP contribution in [-0.4, -0.2) is 12.1 Å². The van der Waals surface area contributed by atoms with Gasteiger partial charge in [0.15, 0.2) is 5.58 Å². The number of anilines is 1. The third-order valence-electron chi connectivity index (χ3n) is 2.64. The summed E-state index contributed by atoms with van der Waals surface area (Å²) in [6, 6.07) is 13.2. The van der Waals surface area contributed by atoms with Crippen molar-refractivity contribution in [2.45, 2.75) is 10.1 Å². The molecule has 3 rings (SSSR count). The lowest BCUT2D eigenvalue weighted by Gasteiger charge is -2.01. The lowest BCUT2D eigenvalue weighted by atomic mass is 10.3. The maximum atomic E-state index is 5.72. The first-order valence-corrected chi connectivity index (χ1v) is 6.54. The van der Waals surface area contributed by atoms with Gasteiger partial charge in [-0.15, -0.1) is 0 Å². The van der Waals surface area contributed by atoms with Crippen LogP contribution in [0.2, 0.25) is 0 Å². The zero-order valence-electron chi connectivity index (χ0n) is 10.3. The summed E-state index contributed by atoms with van der Waals surface area (Å²) in [5.74, 6) is 0.811. The van der Waals surface area contributed by atoms with Crippen LogP contribution in [0.3, 0.4) is 0 Å². The van der Waals surface area contributed by atoms with E-state index in [1.165, 1.54) is 11.8 Å². The SMILES string of the molecule is COc1cccc(Sc2nc3cc(N)ccc3o2)c1. The van der Waals surface area contributed by atoms with Crippen molar-refractivity contribution < 1.29 is 9.15 Å². The quantitative estimate of drug-likeness (QED) is 0.738. The minimum Gasteiger partial charge on any atom is -0.497 e. The Bertz CT molecular complexity index is 724. The fourth-order valence-electron chi connectivity index (χ4n) is 1.73. The Morgan fingerprint density at radius 1 is 1.21 bits per heavy atom. The molecule has 0 saturated heterocycles. The van der Waals surface area contributed by atoms with Crippen LogP contribution in [0.5, 0.6) is 5.75 Å². The second kappa shape index (κ2) is 4.85. The number of hydrogen-bond acceptors (Lipinski definition) is 5. The van der Waals surface area contributed by atoms with Crippen LogP contribution < -0.4 is 10.5 Å². The highest BCUT2D eigenvalue weighted by Gasteiger charge is 2.08. The standard InChI is InChI=1S/C14H12N2O2S/c1-17-10-3-2-4-11(8-10)19-14-16-12-7-9(15)5-6-13(12)18-14/h2-8H,15H2,1H3. The highest BCUT2D eigenvalue weighted by Crippen LogP contribution is 2.32. The molecule has 1 aromatic heterocycles. The molecule has 4 nitrogen and oxygen atoms in total. The topological polar surface area (TPSA) is 61.3 Å². The van der Waals surface area contributed by atoms with Crippen molar-refractivity contribution in [2.24, 2.45) is 0 Å². The number of aromatic nitrogens is 1. The van der Waals surface area contributed by atoms with E-state index in [1.54, 1.807) is 19.2 Å². The summed E-state index contributed by atoms with van der Waals surface area (Å²) < 4.78 is 10.8. The summed E-state index contributed by atoms with van der Waals surface area (Å²) in [7, 11) is 1.64. The lowest BCUT2D eigenvalue weighted by Crippen LogP contribution is -1.82. The molecule has 19 heavy (non-hydrogen) atoms. The summed E-state index contributed by atoms with van der Waals surface area (Å²) in [5, 5.41) is 0.592. The van der Waals surface area contributed by atoms with Crippen LogP contribution in [0, 0.1) is 0 Å². The van der Waals surface area contributed by atoms with Crippen LogP contribution in [0.15, 0.2) is 57.0 Å². The molecule has 0 amide bonds. The number of nitrogens with two attached hydrogens (primary N) is 1. The van der Waals surface area contributed by atoms with Crippen LogP contribution >= 0.6 is 11.8 Å². The Balaban J connectivity index is 1.92. The summed E-state index contributed by atoms with van der Waals surface area (Å²) in [5.41, 5.74) is 7.90. The van der Waals surface area contributed by atoms with Crippen LogP contribution in [-0.2, 0) is 0 Å². The Hall–Kier alpha value is -2.14. The van der Waals surface area contributed by atoms with Crippen molar-refractivity contribution in [3.63, 3.8) is 0 Å². The molecule has 0 aliphatic carbocycles. The highest BCUT2D eigenvalue weighted by molar-refractivity contribution is 7.99. The van der Waals surface area contributed by atoms with E-state index in [-0.39, 0.29) is 0 Å². The molecule has 0 unspecified atom stereocenters. The second-order valence-corrected chi connectivity index (χ2v) is 5.01. The van der Waals surface area contributed by atoms with E-state index in [9.17, 15) is 0 Å². The molecule has 0 radical (unpaired) electrons. The molecule has 2 aromatic carbocycles. The summed E-state index contributed by atoms with van der Waals surface area (Å²) >= 11 is 1.45. The first-order valence-electron chi connectivity index (χ1n) is 5.72. The van der Waals surface area contributed by atoms with E-state index in [0.29, 0.717) is 10.9 Å². The molecule has 0 atom stereocenters. The van der Waals surface area contributed by atoms with Gasteiger partial charge in [0.1, 0.15) is 11.3 Å². The predicted octanol–water partition coefficient (Wildman–Crippen LogP) is 3.57. The number of hydrogen-bond donors (Lipinski definition) is 1. The van der Waals surface area contributed by atoms with Gasteiger partial charge in [-0.05, 0) is 48.2 Å². The van der Waals surface area contributed by atoms with Crippen molar-refractivity contribution in [1.82, 2.24) is 4.98 Å². The molecule has 3 aromatic rings. The highest BCUT2D eigenvalue weighted by atomic mass is 32.2. The smallest absolute Gasteiger partial charge is 0.261 e. The maximum Gasteiger partial charge on any atom is 0.261 e. The molecule has 1 heterocycles. The van der Waals surface area contributed by atoms with Crippen molar-refractivity contribution in [2.75, 3.05) is 12.8 Å². The van der Waals surface area contributed by atoms with Gasteiger partial charge in [-0.25, -0.2) is 4.98 Å². The van der Waals surface area contributed by atoms with Gasteiger partial charge in [0.2, 0.25) is 0 Å². The zero-order chi connectivity index (χ0) is 13.2. The molecular weight excluding hydrogens is 260 g/mol. The van der Waals surface area contributed by atoms with Crippen LogP contribution in [0.1, 0.15) is 0 Å². The fraction of sp³-hybridized carbons (Fsp3) is 0.0714. The van der Waals surface area contributed by atoms with Gasteiger partial charge < -0.3 is 14.9 Å². The van der Waals surface area contributed by atoms with E-state index in [2.05, 4.69) is 4.98 Å². The molecule has 2 N–H and O–H groups in total. The van der Waals surface area contributed by atoms with E-state index in [1.807, 2.05) is 30.3 Å². The van der Waals surface area contributed by atoms with Gasteiger partial charge in [0, 0.05) is 10.6 Å². The minimum atomic E-state index is 0.592. The minimum absolute atomic E-state index is 0.592. The monoisotopic (exact) mass is 272 g/mol. The molecule has 0 aliphatic heterocycles. The third-order valence-corrected chi connectivity index (χ3v) is 3.48. The summed E-state index contributed by atoms with van der Waals surface area (Å²) in [6.45, 7) is 0. The van der Waals surface area contributed by atoms with Gasteiger partial charge in [-0.1, -0.05) is 6.07 Å². The Morgan fingerprint density at radius 3 is 2.95 bits per heavy atom. The molecule has 0 aliphatic rings. The Kier molecular flexibility index (Phi) is 3.05. The Labute approximate surface area is 114 Å². The second-order valence-electron chi connectivity index (χ2n) is 3.99. The number of benzene rings is 2. The molecule has 5 heteroatoms. The molecule has 0 bridgehead atoms. The number of oxazole rings is 1. The van der Waals surface area contributed by atoms with E-state index in [4.69, 9.17) is 14.9 Å². The first kappa shape index (κ1) is 11.9. The molecule has 0 fully saturated rings. The van der Waals surface area contributed by atoms with E-state index in [0.717, 1.165) is 21.7 Å². The van der Waals surface area contributed by atoms with E-state index >= 15 is 0 Å². The van der Waals surface area contributed by atoms with Crippen LogP contribution in [0.4, 0.5) is 5.69 Å². The number of methoxy groups -OCH3 is 1. The molecule has 96 valence electrons. The number of ether oxygens (including phenoxy) is 1. The van der Waals surface area contributed by atoms with Crippen molar-refractivity contribution in [3.05, 3.63) is 42.5 Å². The molecule has 0 saturated carbocycles. The first-order chi connectivity index (χ1) is 9.24. The van der Waals surface area contributed by atoms with Gasteiger partial charge in [0.25, 0.3) is 5.22 Å². The van der Waals surface area contributed by atoms with Crippen molar-refractivity contribution in [1.29, 1.82) is 0 Å². The van der Waals surface area contributed by atoms with Crippen LogP contribution in [0.25, 0.3) is 11.1 Å². The van der Waals surface area contributed by atoms with Gasteiger partial charge in [0.05, 0.1) is 7.11 Å². The molecular formula is C14H12N2O2S. The number of nitrogens with zero attached hydrogens (tertiary/aromatic N) is 1. The van der Waals surface area contributed by atoms with Crippen molar-refractivity contribution in [3.8, 4) is 5.75 Å².